The summed E-state index contributed by atoms with van der Waals surface area (Å²) < 4.78 is 0.842. The lowest BCUT2D eigenvalue weighted by Crippen LogP contribution is -1.93. The molecule has 1 aromatic rings. The molecule has 0 aromatic carbocycles. The van der Waals surface area contributed by atoms with E-state index in [1.807, 2.05) is 12.1 Å². The number of halogens is 1. The van der Waals surface area contributed by atoms with Gasteiger partial charge in [-0.1, -0.05) is 23.3 Å². The summed E-state index contributed by atoms with van der Waals surface area (Å²) in [5.41, 5.74) is 1.34. The Kier molecular flexibility index (Phi) is 2.72. The van der Waals surface area contributed by atoms with E-state index in [9.17, 15) is 5.11 Å². The van der Waals surface area contributed by atoms with Gasteiger partial charge in [0.1, 0.15) is 0 Å². The van der Waals surface area contributed by atoms with E-state index in [4.69, 9.17) is 11.6 Å². The molecule has 0 bridgehead atoms. The van der Waals surface area contributed by atoms with Crippen molar-refractivity contribution in [1.82, 2.24) is 0 Å². The Hall–Kier alpha value is -0.310. The van der Waals surface area contributed by atoms with Gasteiger partial charge in [0.2, 0.25) is 0 Å². The average Bonchev–Trinajstić information content (AvgIpc) is 2.62. The summed E-state index contributed by atoms with van der Waals surface area (Å²) >= 11 is 7.44. The third-order valence-corrected chi connectivity index (χ3v) is 3.45. The molecule has 13 heavy (non-hydrogen) atoms. The Morgan fingerprint density at radius 2 is 2.38 bits per heavy atom. The average molecular weight is 215 g/mol. The monoisotopic (exact) mass is 214 g/mol. The van der Waals surface area contributed by atoms with Crippen molar-refractivity contribution in [3.63, 3.8) is 0 Å². The van der Waals surface area contributed by atoms with Crippen LogP contribution in [0.2, 0.25) is 4.34 Å². The zero-order valence-electron chi connectivity index (χ0n) is 7.16. The number of thiophene rings is 1. The minimum atomic E-state index is -0.217. The van der Waals surface area contributed by atoms with E-state index in [0.717, 1.165) is 23.6 Å². The molecule has 1 nitrogen and oxygen atoms in total. The van der Waals surface area contributed by atoms with Crippen molar-refractivity contribution in [2.24, 2.45) is 0 Å². The van der Waals surface area contributed by atoms with E-state index in [0.29, 0.717) is 0 Å². The third kappa shape index (κ3) is 2.33. The SMILES string of the molecule is OC1C=C(Cc2ccc(Cl)s2)CC1. The largest absolute Gasteiger partial charge is 0.389 e. The van der Waals surface area contributed by atoms with Crippen LogP contribution in [0, 0.1) is 0 Å². The first-order chi connectivity index (χ1) is 6.24. The zero-order valence-corrected chi connectivity index (χ0v) is 8.74. The molecule has 0 radical (unpaired) electrons. The Morgan fingerprint density at radius 1 is 1.54 bits per heavy atom. The molecule has 1 N–H and O–H groups in total. The van der Waals surface area contributed by atoms with E-state index >= 15 is 0 Å². The number of hydrogen-bond acceptors (Lipinski definition) is 2. The number of hydrogen-bond donors (Lipinski definition) is 1. The normalized spacial score (nSPS) is 22.0. The van der Waals surface area contributed by atoms with Crippen LogP contribution in [0.3, 0.4) is 0 Å². The zero-order chi connectivity index (χ0) is 9.26. The molecule has 2 rings (SSSR count). The Morgan fingerprint density at radius 3 is 2.92 bits per heavy atom. The van der Waals surface area contributed by atoms with Crippen molar-refractivity contribution in [2.75, 3.05) is 0 Å². The van der Waals surface area contributed by atoms with E-state index < -0.39 is 0 Å². The summed E-state index contributed by atoms with van der Waals surface area (Å²) in [5.74, 6) is 0. The molecular formula is C10H11ClOS. The van der Waals surface area contributed by atoms with E-state index in [1.165, 1.54) is 10.5 Å². The quantitative estimate of drug-likeness (QED) is 0.751. The predicted molar refractivity (Wildman–Crippen MR) is 56.4 cm³/mol. The van der Waals surface area contributed by atoms with Crippen LogP contribution in [0.4, 0.5) is 0 Å². The van der Waals surface area contributed by atoms with Crippen LogP contribution >= 0.6 is 22.9 Å². The molecule has 1 aliphatic rings. The smallest absolute Gasteiger partial charge is 0.0931 e. The van der Waals surface area contributed by atoms with Crippen molar-refractivity contribution in [1.29, 1.82) is 0 Å². The second kappa shape index (κ2) is 3.82. The summed E-state index contributed by atoms with van der Waals surface area (Å²) in [6.45, 7) is 0. The molecule has 0 amide bonds. The molecule has 70 valence electrons. The fraction of sp³-hybridized carbons (Fsp3) is 0.400. The lowest BCUT2D eigenvalue weighted by molar-refractivity contribution is 0.223. The Bertz CT molecular complexity index is 329. The van der Waals surface area contributed by atoms with Crippen molar-refractivity contribution < 1.29 is 5.11 Å². The highest BCUT2D eigenvalue weighted by Gasteiger charge is 2.13. The van der Waals surface area contributed by atoms with Gasteiger partial charge in [0.15, 0.2) is 0 Å². The van der Waals surface area contributed by atoms with E-state index in [1.54, 1.807) is 11.3 Å². The maximum atomic E-state index is 9.28. The standard InChI is InChI=1S/C10H11ClOS/c11-10-4-3-9(13-10)6-7-1-2-8(12)5-7/h3-5,8,12H,1-2,6H2. The van der Waals surface area contributed by atoms with Crippen molar-refractivity contribution >= 4 is 22.9 Å². The number of aliphatic hydroxyl groups is 1. The van der Waals surface area contributed by atoms with Crippen LogP contribution in [0.1, 0.15) is 17.7 Å². The first-order valence-electron chi connectivity index (χ1n) is 4.36. The minimum Gasteiger partial charge on any atom is -0.389 e. The highest BCUT2D eigenvalue weighted by molar-refractivity contribution is 7.16. The molecule has 0 saturated heterocycles. The molecule has 0 fully saturated rings. The van der Waals surface area contributed by atoms with E-state index in [-0.39, 0.29) is 6.10 Å². The highest BCUT2D eigenvalue weighted by Crippen LogP contribution is 2.27. The van der Waals surface area contributed by atoms with Gasteiger partial charge in [0, 0.05) is 11.3 Å². The van der Waals surface area contributed by atoms with Crippen LogP contribution in [-0.2, 0) is 6.42 Å². The minimum absolute atomic E-state index is 0.217. The van der Waals surface area contributed by atoms with E-state index in [2.05, 4.69) is 6.07 Å². The molecule has 1 aromatic heterocycles. The molecular weight excluding hydrogens is 204 g/mol. The van der Waals surface area contributed by atoms with Crippen LogP contribution < -0.4 is 0 Å². The van der Waals surface area contributed by atoms with Gasteiger partial charge in [-0.25, -0.2) is 0 Å². The van der Waals surface area contributed by atoms with Gasteiger partial charge in [-0.05, 0) is 25.0 Å². The van der Waals surface area contributed by atoms with Crippen LogP contribution in [0.15, 0.2) is 23.8 Å². The summed E-state index contributed by atoms with van der Waals surface area (Å²) in [6.07, 6.45) is 4.61. The Labute approximate surface area is 86.7 Å². The highest BCUT2D eigenvalue weighted by atomic mass is 35.5. The molecule has 1 heterocycles. The number of allylic oxidation sites excluding steroid dienone is 1. The second-order valence-electron chi connectivity index (χ2n) is 3.31. The number of rotatable bonds is 2. The Balaban J connectivity index is 2.02. The lowest BCUT2D eigenvalue weighted by atomic mass is 10.1. The van der Waals surface area contributed by atoms with Gasteiger partial charge in [0.25, 0.3) is 0 Å². The summed E-state index contributed by atoms with van der Waals surface area (Å²) in [4.78, 5) is 1.28. The molecule has 1 unspecified atom stereocenters. The first kappa shape index (κ1) is 9.25. The summed E-state index contributed by atoms with van der Waals surface area (Å²) in [5, 5.41) is 9.28. The van der Waals surface area contributed by atoms with Gasteiger partial charge in [-0.15, -0.1) is 11.3 Å². The lowest BCUT2D eigenvalue weighted by Gasteiger charge is -1.96. The molecule has 0 spiro atoms. The van der Waals surface area contributed by atoms with Crippen molar-refractivity contribution in [3.8, 4) is 0 Å². The second-order valence-corrected chi connectivity index (χ2v) is 5.11. The van der Waals surface area contributed by atoms with Crippen molar-refractivity contribution in [2.45, 2.75) is 25.4 Å². The first-order valence-corrected chi connectivity index (χ1v) is 5.55. The molecule has 1 atom stereocenters. The van der Waals surface area contributed by atoms with Gasteiger partial charge in [0.05, 0.1) is 10.4 Å². The molecule has 1 aliphatic carbocycles. The topological polar surface area (TPSA) is 20.2 Å². The third-order valence-electron chi connectivity index (χ3n) is 2.22. The van der Waals surface area contributed by atoms with Gasteiger partial charge in [-0.3, -0.25) is 0 Å². The fourth-order valence-corrected chi connectivity index (χ4v) is 2.73. The van der Waals surface area contributed by atoms with Crippen LogP contribution in [0.5, 0.6) is 0 Å². The maximum absolute atomic E-state index is 9.28. The van der Waals surface area contributed by atoms with Crippen molar-refractivity contribution in [3.05, 3.63) is 33.0 Å². The number of aliphatic hydroxyl groups excluding tert-OH is 1. The molecule has 0 aliphatic heterocycles. The fourth-order valence-electron chi connectivity index (χ4n) is 1.59. The van der Waals surface area contributed by atoms with Gasteiger partial charge in [-0.2, -0.15) is 0 Å². The van der Waals surface area contributed by atoms with Crippen LogP contribution in [0.25, 0.3) is 0 Å². The summed E-state index contributed by atoms with van der Waals surface area (Å²) in [7, 11) is 0. The van der Waals surface area contributed by atoms with Gasteiger partial charge >= 0.3 is 0 Å². The molecule has 0 saturated carbocycles. The van der Waals surface area contributed by atoms with Crippen LogP contribution in [-0.4, -0.2) is 11.2 Å². The summed E-state index contributed by atoms with van der Waals surface area (Å²) in [6, 6.07) is 3.98. The molecule has 3 heteroatoms. The maximum Gasteiger partial charge on any atom is 0.0931 e. The van der Waals surface area contributed by atoms with Gasteiger partial charge < -0.3 is 5.11 Å². The predicted octanol–water partition coefficient (Wildman–Crippen LogP) is 3.03.